The molecule has 2 amide bonds. The topological polar surface area (TPSA) is 75.7 Å². The Bertz CT molecular complexity index is 870. The maximum Gasteiger partial charge on any atom is 0.311 e. The molecule has 1 saturated heterocycles. The summed E-state index contributed by atoms with van der Waals surface area (Å²) in [5.74, 6) is -1.65. The fourth-order valence-electron chi connectivity index (χ4n) is 2.93. The first kappa shape index (κ1) is 19.1. The molecule has 1 fully saturated rings. The highest BCUT2D eigenvalue weighted by molar-refractivity contribution is 9.10. The van der Waals surface area contributed by atoms with Crippen molar-refractivity contribution in [2.75, 3.05) is 23.4 Å². The van der Waals surface area contributed by atoms with Crippen molar-refractivity contribution in [3.63, 3.8) is 0 Å². The molecule has 2 aromatic rings. The number of hydrogen-bond donors (Lipinski definition) is 1. The van der Waals surface area contributed by atoms with Crippen molar-refractivity contribution in [1.82, 2.24) is 0 Å². The molecule has 1 heterocycles. The molecule has 2 aromatic carbocycles. The fraction of sp³-hybridized carbons (Fsp3) is 0.250. The number of ether oxygens (including phenoxy) is 1. The summed E-state index contributed by atoms with van der Waals surface area (Å²) in [6.45, 7) is 1.74. The van der Waals surface area contributed by atoms with E-state index in [0.717, 1.165) is 15.7 Å². The van der Waals surface area contributed by atoms with Gasteiger partial charge in [-0.3, -0.25) is 14.4 Å². The van der Waals surface area contributed by atoms with Gasteiger partial charge in [0.2, 0.25) is 5.91 Å². The molecule has 27 heavy (non-hydrogen) atoms. The van der Waals surface area contributed by atoms with Gasteiger partial charge in [-0.1, -0.05) is 34.1 Å². The number of rotatable bonds is 5. The third kappa shape index (κ3) is 4.74. The molecule has 1 aliphatic rings. The van der Waals surface area contributed by atoms with Crippen LogP contribution in [-0.2, 0) is 19.1 Å². The van der Waals surface area contributed by atoms with Gasteiger partial charge in [0.1, 0.15) is 0 Å². The number of halogens is 1. The van der Waals surface area contributed by atoms with Crippen LogP contribution in [0.5, 0.6) is 0 Å². The van der Waals surface area contributed by atoms with Gasteiger partial charge >= 0.3 is 5.97 Å². The van der Waals surface area contributed by atoms with Crippen molar-refractivity contribution in [1.29, 1.82) is 0 Å². The van der Waals surface area contributed by atoms with Crippen LogP contribution in [0.15, 0.2) is 53.0 Å². The van der Waals surface area contributed by atoms with E-state index >= 15 is 0 Å². The number of carbonyl (C=O) groups excluding carboxylic acids is 3. The molecule has 0 aromatic heterocycles. The highest BCUT2D eigenvalue weighted by Crippen LogP contribution is 2.25. The second-order valence-electron chi connectivity index (χ2n) is 6.36. The smallest absolute Gasteiger partial charge is 0.311 e. The number of nitrogens with zero attached hydrogens (tertiary/aromatic N) is 1. The summed E-state index contributed by atoms with van der Waals surface area (Å²) in [5, 5.41) is 2.71. The number of amides is 2. The monoisotopic (exact) mass is 430 g/mol. The molecule has 0 aliphatic carbocycles. The SMILES string of the molecule is Cc1cc(Br)ccc1NC(=O)COC(=O)[C@H]1CC(=O)N(c2ccccc2)C1. The minimum Gasteiger partial charge on any atom is -0.455 e. The summed E-state index contributed by atoms with van der Waals surface area (Å²) in [6, 6.07) is 14.6. The molecule has 1 aliphatic heterocycles. The van der Waals surface area contributed by atoms with E-state index in [1.807, 2.05) is 49.4 Å². The quantitative estimate of drug-likeness (QED) is 0.738. The van der Waals surface area contributed by atoms with Crippen molar-refractivity contribution >= 4 is 45.1 Å². The van der Waals surface area contributed by atoms with E-state index in [4.69, 9.17) is 4.74 Å². The Morgan fingerprint density at radius 3 is 2.67 bits per heavy atom. The number of esters is 1. The second-order valence-corrected chi connectivity index (χ2v) is 7.27. The molecule has 0 radical (unpaired) electrons. The summed E-state index contributed by atoms with van der Waals surface area (Å²) in [5.41, 5.74) is 2.30. The highest BCUT2D eigenvalue weighted by atomic mass is 79.9. The van der Waals surface area contributed by atoms with Gasteiger partial charge in [0.05, 0.1) is 5.92 Å². The van der Waals surface area contributed by atoms with Gasteiger partial charge in [-0.25, -0.2) is 0 Å². The van der Waals surface area contributed by atoms with Crippen LogP contribution in [0.1, 0.15) is 12.0 Å². The minimum absolute atomic E-state index is 0.0845. The van der Waals surface area contributed by atoms with Crippen LogP contribution in [0.2, 0.25) is 0 Å². The predicted octanol–water partition coefficient (Wildman–Crippen LogP) is 3.29. The molecule has 0 unspecified atom stereocenters. The van der Waals surface area contributed by atoms with Gasteiger partial charge in [0.25, 0.3) is 5.91 Å². The van der Waals surface area contributed by atoms with Gasteiger partial charge in [0.15, 0.2) is 6.61 Å². The maximum absolute atomic E-state index is 12.2. The van der Waals surface area contributed by atoms with Crippen molar-refractivity contribution in [3.05, 3.63) is 58.6 Å². The Morgan fingerprint density at radius 2 is 1.96 bits per heavy atom. The standard InChI is InChI=1S/C20H19BrN2O4/c1-13-9-15(21)7-8-17(13)22-18(24)12-27-20(26)14-10-19(25)23(11-14)16-5-3-2-4-6-16/h2-9,14H,10-12H2,1H3,(H,22,24)/t14-/m0/s1. The van der Waals surface area contributed by atoms with E-state index in [2.05, 4.69) is 21.2 Å². The molecular formula is C20H19BrN2O4. The number of anilines is 2. The van der Waals surface area contributed by atoms with Crippen LogP contribution in [0.3, 0.4) is 0 Å². The van der Waals surface area contributed by atoms with Crippen molar-refractivity contribution < 1.29 is 19.1 Å². The lowest BCUT2D eigenvalue weighted by Gasteiger charge is -2.16. The normalized spacial score (nSPS) is 16.3. The molecule has 0 bridgehead atoms. The Hall–Kier alpha value is -2.67. The van der Waals surface area contributed by atoms with E-state index in [1.165, 1.54) is 0 Å². The van der Waals surface area contributed by atoms with Crippen LogP contribution in [0.4, 0.5) is 11.4 Å². The number of aryl methyl sites for hydroxylation is 1. The first-order chi connectivity index (χ1) is 12.9. The molecule has 7 heteroatoms. The average Bonchev–Trinajstić information content (AvgIpc) is 3.04. The average molecular weight is 431 g/mol. The molecular weight excluding hydrogens is 412 g/mol. The third-order valence-corrected chi connectivity index (χ3v) is 4.83. The summed E-state index contributed by atoms with van der Waals surface area (Å²) in [7, 11) is 0. The van der Waals surface area contributed by atoms with Gasteiger partial charge in [-0.2, -0.15) is 0 Å². The van der Waals surface area contributed by atoms with E-state index in [0.29, 0.717) is 5.69 Å². The van der Waals surface area contributed by atoms with Gasteiger partial charge in [0, 0.05) is 28.8 Å². The molecule has 1 atom stereocenters. The Kier molecular flexibility index (Phi) is 5.91. The number of nitrogens with one attached hydrogen (secondary N) is 1. The summed E-state index contributed by atoms with van der Waals surface area (Å²) >= 11 is 3.36. The molecule has 6 nitrogen and oxygen atoms in total. The maximum atomic E-state index is 12.2. The number of benzene rings is 2. The van der Waals surface area contributed by atoms with Crippen LogP contribution in [0.25, 0.3) is 0 Å². The zero-order chi connectivity index (χ0) is 19.4. The number of hydrogen-bond acceptors (Lipinski definition) is 4. The molecule has 0 saturated carbocycles. The van der Waals surface area contributed by atoms with E-state index in [1.54, 1.807) is 11.0 Å². The van der Waals surface area contributed by atoms with Crippen molar-refractivity contribution in [2.45, 2.75) is 13.3 Å². The van der Waals surface area contributed by atoms with E-state index < -0.39 is 17.8 Å². The number of para-hydroxylation sites is 1. The minimum atomic E-state index is -0.570. The molecule has 3 rings (SSSR count). The lowest BCUT2D eigenvalue weighted by atomic mass is 10.1. The van der Waals surface area contributed by atoms with Crippen LogP contribution in [0, 0.1) is 12.8 Å². The summed E-state index contributed by atoms with van der Waals surface area (Å²) < 4.78 is 6.03. The Balaban J connectivity index is 1.52. The number of carbonyl (C=O) groups is 3. The molecule has 140 valence electrons. The first-order valence-corrected chi connectivity index (χ1v) is 9.31. The van der Waals surface area contributed by atoms with Crippen molar-refractivity contribution in [3.8, 4) is 0 Å². The van der Waals surface area contributed by atoms with E-state index in [9.17, 15) is 14.4 Å². The lowest BCUT2D eigenvalue weighted by molar-refractivity contribution is -0.151. The van der Waals surface area contributed by atoms with Crippen LogP contribution < -0.4 is 10.2 Å². The predicted molar refractivity (Wildman–Crippen MR) is 105 cm³/mol. The fourth-order valence-corrected chi connectivity index (χ4v) is 3.41. The second kappa shape index (κ2) is 8.35. The van der Waals surface area contributed by atoms with E-state index in [-0.39, 0.29) is 25.5 Å². The Labute approximate surface area is 165 Å². The van der Waals surface area contributed by atoms with Gasteiger partial charge < -0.3 is 15.0 Å². The van der Waals surface area contributed by atoms with Gasteiger partial charge in [-0.15, -0.1) is 0 Å². The third-order valence-electron chi connectivity index (χ3n) is 4.33. The summed E-state index contributed by atoms with van der Waals surface area (Å²) in [6.07, 6.45) is 0.0845. The molecule has 0 spiro atoms. The van der Waals surface area contributed by atoms with Gasteiger partial charge in [-0.05, 0) is 42.8 Å². The van der Waals surface area contributed by atoms with Crippen molar-refractivity contribution in [2.24, 2.45) is 5.92 Å². The largest absolute Gasteiger partial charge is 0.455 e. The highest BCUT2D eigenvalue weighted by Gasteiger charge is 2.36. The summed E-state index contributed by atoms with van der Waals surface area (Å²) in [4.78, 5) is 38.0. The zero-order valence-corrected chi connectivity index (χ0v) is 16.4. The van der Waals surface area contributed by atoms with Crippen LogP contribution >= 0.6 is 15.9 Å². The first-order valence-electron chi connectivity index (χ1n) is 8.52. The Morgan fingerprint density at radius 1 is 1.22 bits per heavy atom. The van der Waals surface area contributed by atoms with Crippen LogP contribution in [-0.4, -0.2) is 30.9 Å². The lowest BCUT2D eigenvalue weighted by Crippen LogP contribution is -2.28. The molecule has 1 N–H and O–H groups in total. The zero-order valence-electron chi connectivity index (χ0n) is 14.8.